The molecule has 2 amide bonds. The van der Waals surface area contributed by atoms with Crippen molar-refractivity contribution in [1.82, 2.24) is 10.6 Å². The topological polar surface area (TPSA) is 114 Å². The number of ether oxygens (including phenoxy) is 2. The molecule has 162 valence electrons. The van der Waals surface area contributed by atoms with Crippen LogP contribution in [-0.2, 0) is 20.7 Å². The van der Waals surface area contributed by atoms with Crippen LogP contribution in [0.25, 0.3) is 0 Å². The van der Waals surface area contributed by atoms with Gasteiger partial charge in [0, 0.05) is 13.0 Å². The van der Waals surface area contributed by atoms with Crippen LogP contribution in [0.1, 0.15) is 62.9 Å². The minimum Gasteiger partial charge on any atom is -0.507 e. The van der Waals surface area contributed by atoms with Gasteiger partial charge in [-0.3, -0.25) is 4.79 Å². The van der Waals surface area contributed by atoms with Crippen LogP contribution in [-0.4, -0.2) is 48.4 Å². The number of phenols is 1. The molecule has 0 saturated carbocycles. The summed E-state index contributed by atoms with van der Waals surface area (Å²) >= 11 is 0. The summed E-state index contributed by atoms with van der Waals surface area (Å²) in [6, 6.07) is 3.47. The minimum atomic E-state index is -0.901. The van der Waals surface area contributed by atoms with Gasteiger partial charge in [0.25, 0.3) is 0 Å². The van der Waals surface area contributed by atoms with Crippen LogP contribution < -0.4 is 10.6 Å². The van der Waals surface area contributed by atoms with Crippen molar-refractivity contribution in [3.8, 4) is 5.75 Å². The fraction of sp³-hybridized carbons (Fsp3) is 0.571. The molecule has 0 aliphatic heterocycles. The number of unbranched alkanes of at least 4 members (excludes halogenated alkanes) is 2. The molecule has 0 bridgehead atoms. The Hall–Kier alpha value is -2.77. The van der Waals surface area contributed by atoms with Crippen LogP contribution in [0.4, 0.5) is 4.79 Å². The fourth-order valence-corrected chi connectivity index (χ4v) is 2.59. The molecule has 8 heteroatoms. The van der Waals surface area contributed by atoms with Crippen molar-refractivity contribution in [3.63, 3.8) is 0 Å². The van der Waals surface area contributed by atoms with E-state index in [1.807, 2.05) is 0 Å². The van der Waals surface area contributed by atoms with Gasteiger partial charge in [0.05, 0.1) is 7.11 Å². The zero-order chi connectivity index (χ0) is 22.0. The molecular formula is C21H32N2O6. The van der Waals surface area contributed by atoms with E-state index in [9.17, 15) is 19.5 Å². The maximum absolute atomic E-state index is 12.6. The predicted molar refractivity (Wildman–Crippen MR) is 109 cm³/mol. The smallest absolute Gasteiger partial charge is 0.408 e. The van der Waals surface area contributed by atoms with Gasteiger partial charge in [0.1, 0.15) is 23.0 Å². The Kier molecular flexibility index (Phi) is 9.44. The quantitative estimate of drug-likeness (QED) is 0.428. The highest BCUT2D eigenvalue weighted by Gasteiger charge is 2.25. The second-order valence-corrected chi connectivity index (χ2v) is 7.74. The molecule has 1 aromatic rings. The molecule has 29 heavy (non-hydrogen) atoms. The molecule has 1 atom stereocenters. The van der Waals surface area contributed by atoms with E-state index in [1.165, 1.54) is 19.2 Å². The van der Waals surface area contributed by atoms with Crippen LogP contribution in [0.3, 0.4) is 0 Å². The fourth-order valence-electron chi connectivity index (χ4n) is 2.59. The molecule has 0 unspecified atom stereocenters. The maximum atomic E-state index is 12.6. The number of nitrogens with one attached hydrogen (secondary N) is 2. The molecule has 0 aliphatic rings. The van der Waals surface area contributed by atoms with Crippen molar-refractivity contribution in [1.29, 1.82) is 0 Å². The number of benzene rings is 1. The summed E-state index contributed by atoms with van der Waals surface area (Å²) in [6.07, 6.45) is 2.26. The Morgan fingerprint density at radius 1 is 1.17 bits per heavy atom. The Bertz CT molecular complexity index is 712. The summed E-state index contributed by atoms with van der Waals surface area (Å²) in [6.45, 7) is 7.76. The van der Waals surface area contributed by atoms with E-state index < -0.39 is 23.7 Å². The Labute approximate surface area is 172 Å². The number of phenolic OH excluding ortho intramolecular Hbond substituents is 1. The molecule has 8 nitrogen and oxygen atoms in total. The van der Waals surface area contributed by atoms with Gasteiger partial charge >= 0.3 is 12.1 Å². The van der Waals surface area contributed by atoms with Crippen molar-refractivity contribution in [2.24, 2.45) is 0 Å². The SMILES string of the molecule is CCCCCNC(=O)[C@H](Cc1ccc(O)c(C(=O)OC)c1)NC(=O)OC(C)(C)C. The van der Waals surface area contributed by atoms with Crippen LogP contribution in [0, 0.1) is 0 Å². The monoisotopic (exact) mass is 408 g/mol. The molecule has 1 aromatic carbocycles. The van der Waals surface area contributed by atoms with Gasteiger partial charge in [0.15, 0.2) is 0 Å². The highest BCUT2D eigenvalue weighted by atomic mass is 16.6. The van der Waals surface area contributed by atoms with Gasteiger partial charge in [-0.15, -0.1) is 0 Å². The number of esters is 1. The predicted octanol–water partition coefficient (Wildman–Crippen LogP) is 2.92. The molecule has 3 N–H and O–H groups in total. The summed E-state index contributed by atoms with van der Waals surface area (Å²) in [5, 5.41) is 15.3. The standard InChI is InChI=1S/C21H32N2O6/c1-6-7-8-11-22-18(25)16(23-20(27)29-21(2,3)4)13-14-9-10-17(24)15(12-14)19(26)28-5/h9-10,12,16,24H,6-8,11,13H2,1-5H3,(H,22,25)(H,23,27)/t16-/m0/s1. The second kappa shape index (κ2) is 11.3. The number of hydrogen-bond donors (Lipinski definition) is 3. The van der Waals surface area contributed by atoms with E-state index >= 15 is 0 Å². The molecule has 0 fully saturated rings. The Morgan fingerprint density at radius 3 is 2.45 bits per heavy atom. The van der Waals surface area contributed by atoms with E-state index in [4.69, 9.17) is 4.74 Å². The molecule has 1 rings (SSSR count). The normalized spacial score (nSPS) is 12.0. The number of rotatable bonds is 9. The lowest BCUT2D eigenvalue weighted by Crippen LogP contribution is -2.49. The summed E-state index contributed by atoms with van der Waals surface area (Å²) in [7, 11) is 1.21. The van der Waals surface area contributed by atoms with Crippen molar-refractivity contribution < 1.29 is 29.0 Å². The highest BCUT2D eigenvalue weighted by Crippen LogP contribution is 2.20. The first-order valence-electron chi connectivity index (χ1n) is 9.74. The zero-order valence-electron chi connectivity index (χ0n) is 17.8. The van der Waals surface area contributed by atoms with E-state index in [0.29, 0.717) is 12.1 Å². The van der Waals surface area contributed by atoms with Crippen molar-refractivity contribution in [2.45, 2.75) is 65.0 Å². The van der Waals surface area contributed by atoms with Gasteiger partial charge in [-0.1, -0.05) is 25.8 Å². The van der Waals surface area contributed by atoms with Crippen molar-refractivity contribution in [3.05, 3.63) is 29.3 Å². The number of hydrogen-bond acceptors (Lipinski definition) is 6. The lowest BCUT2D eigenvalue weighted by Gasteiger charge is -2.23. The number of alkyl carbamates (subject to hydrolysis) is 1. The second-order valence-electron chi connectivity index (χ2n) is 7.74. The summed E-state index contributed by atoms with van der Waals surface area (Å²) < 4.78 is 9.91. The molecule has 0 radical (unpaired) electrons. The Balaban J connectivity index is 2.96. The molecule has 0 aliphatic carbocycles. The summed E-state index contributed by atoms with van der Waals surface area (Å²) in [5.41, 5.74) is -0.139. The largest absolute Gasteiger partial charge is 0.507 e. The van der Waals surface area contributed by atoms with Gasteiger partial charge in [-0.05, 0) is 44.9 Å². The molecule has 0 aromatic heterocycles. The van der Waals surface area contributed by atoms with Crippen molar-refractivity contribution in [2.75, 3.05) is 13.7 Å². The average molecular weight is 408 g/mol. The van der Waals surface area contributed by atoms with E-state index in [-0.39, 0.29) is 23.6 Å². The first-order valence-corrected chi connectivity index (χ1v) is 9.74. The van der Waals surface area contributed by atoms with Crippen LogP contribution in [0.15, 0.2) is 18.2 Å². The molecule has 0 heterocycles. The lowest BCUT2D eigenvalue weighted by atomic mass is 10.0. The number of amides is 2. The van der Waals surface area contributed by atoms with Crippen LogP contribution in [0.2, 0.25) is 0 Å². The lowest BCUT2D eigenvalue weighted by molar-refractivity contribution is -0.123. The van der Waals surface area contributed by atoms with Gasteiger partial charge in [-0.2, -0.15) is 0 Å². The van der Waals surface area contributed by atoms with E-state index in [2.05, 4.69) is 22.3 Å². The summed E-state index contributed by atoms with van der Waals surface area (Å²) in [4.78, 5) is 36.6. The summed E-state index contributed by atoms with van der Waals surface area (Å²) in [5.74, 6) is -1.26. The van der Waals surface area contributed by atoms with E-state index in [1.54, 1.807) is 26.8 Å². The van der Waals surface area contributed by atoms with E-state index in [0.717, 1.165) is 19.3 Å². The third kappa shape index (κ3) is 8.85. The highest BCUT2D eigenvalue weighted by molar-refractivity contribution is 5.92. The van der Waals surface area contributed by atoms with Gasteiger partial charge in [-0.25, -0.2) is 9.59 Å². The van der Waals surface area contributed by atoms with Crippen LogP contribution >= 0.6 is 0 Å². The van der Waals surface area contributed by atoms with Crippen LogP contribution in [0.5, 0.6) is 5.75 Å². The molecule has 0 saturated heterocycles. The minimum absolute atomic E-state index is 0.00984. The number of carbonyl (C=O) groups is 3. The Morgan fingerprint density at radius 2 is 1.86 bits per heavy atom. The molecule has 0 spiro atoms. The number of aromatic hydroxyl groups is 1. The third-order valence-corrected chi connectivity index (χ3v) is 3.99. The first kappa shape index (κ1) is 24.3. The zero-order valence-corrected chi connectivity index (χ0v) is 17.8. The number of carbonyl (C=O) groups excluding carboxylic acids is 3. The third-order valence-electron chi connectivity index (χ3n) is 3.99. The number of methoxy groups -OCH3 is 1. The average Bonchev–Trinajstić information content (AvgIpc) is 2.63. The first-order chi connectivity index (χ1) is 13.6. The van der Waals surface area contributed by atoms with Crippen molar-refractivity contribution >= 4 is 18.0 Å². The molecular weight excluding hydrogens is 376 g/mol. The maximum Gasteiger partial charge on any atom is 0.408 e. The van der Waals surface area contributed by atoms with Gasteiger partial charge in [0.2, 0.25) is 5.91 Å². The van der Waals surface area contributed by atoms with Gasteiger partial charge < -0.3 is 25.2 Å².